The van der Waals surface area contributed by atoms with Gasteiger partial charge in [0.25, 0.3) is 5.91 Å². The number of carbonyl (C=O) groups is 1. The van der Waals surface area contributed by atoms with Crippen molar-refractivity contribution < 1.29 is 22.3 Å². The van der Waals surface area contributed by atoms with Crippen molar-refractivity contribution in [2.24, 2.45) is 0 Å². The lowest BCUT2D eigenvalue weighted by Gasteiger charge is -2.24. The lowest BCUT2D eigenvalue weighted by Crippen LogP contribution is -2.29. The molecular weight excluding hydrogens is 467 g/mol. The maximum Gasteiger partial charge on any atom is 0.255 e. The number of halogens is 1. The van der Waals surface area contributed by atoms with Gasteiger partial charge in [-0.1, -0.05) is 25.5 Å². The van der Waals surface area contributed by atoms with Crippen LogP contribution in [0.1, 0.15) is 48.2 Å². The molecule has 0 bridgehead atoms. The van der Waals surface area contributed by atoms with Crippen LogP contribution in [0.5, 0.6) is 5.75 Å². The first-order chi connectivity index (χ1) is 16.7. The molecule has 0 saturated carbocycles. The molecule has 0 aliphatic rings. The van der Waals surface area contributed by atoms with Crippen molar-refractivity contribution in [3.05, 3.63) is 89.2 Å². The third-order valence-electron chi connectivity index (χ3n) is 5.48. The van der Waals surface area contributed by atoms with Crippen molar-refractivity contribution >= 4 is 27.3 Å². The molecule has 8 heteroatoms. The molecule has 3 aromatic rings. The van der Waals surface area contributed by atoms with E-state index >= 15 is 0 Å². The minimum absolute atomic E-state index is 0.0763. The first-order valence-electron chi connectivity index (χ1n) is 11.6. The zero-order valence-electron chi connectivity index (χ0n) is 20.3. The summed E-state index contributed by atoms with van der Waals surface area (Å²) in [7, 11) is -3.70. The van der Waals surface area contributed by atoms with Crippen LogP contribution >= 0.6 is 0 Å². The van der Waals surface area contributed by atoms with Gasteiger partial charge in [-0.15, -0.1) is 0 Å². The Morgan fingerprint density at radius 2 is 1.69 bits per heavy atom. The molecule has 0 aliphatic carbocycles. The summed E-state index contributed by atoms with van der Waals surface area (Å²) < 4.78 is 45.4. The second-order valence-electron chi connectivity index (χ2n) is 8.26. The number of nitrogens with zero attached hydrogens (tertiary/aromatic N) is 1. The molecule has 0 heterocycles. The molecule has 3 aromatic carbocycles. The molecule has 0 aromatic heterocycles. The highest BCUT2D eigenvalue weighted by atomic mass is 32.2. The Balaban J connectivity index is 1.86. The lowest BCUT2D eigenvalue weighted by molar-refractivity contribution is 0.102. The Kier molecular flexibility index (Phi) is 8.87. The first-order valence-corrected chi connectivity index (χ1v) is 13.5. The molecular formula is C27H31FN2O4S. The summed E-state index contributed by atoms with van der Waals surface area (Å²) in [6, 6.07) is 17.9. The minimum atomic E-state index is -3.70. The van der Waals surface area contributed by atoms with Gasteiger partial charge in [-0.2, -0.15) is 0 Å². The van der Waals surface area contributed by atoms with Gasteiger partial charge < -0.3 is 10.1 Å². The third kappa shape index (κ3) is 7.29. The van der Waals surface area contributed by atoms with Gasteiger partial charge in [-0.05, 0) is 79.9 Å². The van der Waals surface area contributed by atoms with Crippen LogP contribution in [0, 0.1) is 5.82 Å². The number of aryl methyl sites for hydroxylation is 1. The molecule has 1 N–H and O–H groups in total. The molecule has 0 saturated heterocycles. The second-order valence-corrected chi connectivity index (χ2v) is 10.2. The normalized spacial score (nSPS) is 11.2. The van der Waals surface area contributed by atoms with Crippen LogP contribution in [0.2, 0.25) is 0 Å². The number of hydrogen-bond acceptors (Lipinski definition) is 4. The van der Waals surface area contributed by atoms with Gasteiger partial charge >= 0.3 is 0 Å². The van der Waals surface area contributed by atoms with Crippen LogP contribution in [0.15, 0.2) is 66.7 Å². The maximum absolute atomic E-state index is 13.4. The molecule has 0 radical (unpaired) electrons. The fourth-order valence-corrected chi connectivity index (χ4v) is 4.52. The molecule has 0 atom stereocenters. The predicted octanol–water partition coefficient (Wildman–Crippen LogP) is 5.79. The Labute approximate surface area is 206 Å². The maximum atomic E-state index is 13.4. The number of sulfonamides is 1. The number of rotatable bonds is 11. The second kappa shape index (κ2) is 11.8. The van der Waals surface area contributed by atoms with E-state index < -0.39 is 15.8 Å². The van der Waals surface area contributed by atoms with E-state index in [2.05, 4.69) is 12.2 Å². The molecule has 0 unspecified atom stereocenters. The van der Waals surface area contributed by atoms with Crippen molar-refractivity contribution in [1.82, 2.24) is 0 Å². The molecule has 35 heavy (non-hydrogen) atoms. The number of ether oxygens (including phenoxy) is 1. The summed E-state index contributed by atoms with van der Waals surface area (Å²) in [5.41, 5.74) is 3.09. The zero-order valence-corrected chi connectivity index (χ0v) is 21.1. The lowest BCUT2D eigenvalue weighted by atomic mass is 10.1. The van der Waals surface area contributed by atoms with Crippen molar-refractivity contribution in [3.63, 3.8) is 0 Å². The molecule has 6 nitrogen and oxygen atoms in total. The average molecular weight is 499 g/mol. The smallest absolute Gasteiger partial charge is 0.255 e. The number of hydrogen-bond donors (Lipinski definition) is 1. The summed E-state index contributed by atoms with van der Waals surface area (Å²) in [6.07, 6.45) is 4.31. The van der Waals surface area contributed by atoms with Crippen LogP contribution in [0.25, 0.3) is 0 Å². The van der Waals surface area contributed by atoms with E-state index in [1.54, 1.807) is 18.2 Å². The Morgan fingerprint density at radius 1 is 1.00 bits per heavy atom. The topological polar surface area (TPSA) is 75.7 Å². The molecule has 0 fully saturated rings. The van der Waals surface area contributed by atoms with Crippen molar-refractivity contribution in [2.45, 2.75) is 39.7 Å². The van der Waals surface area contributed by atoms with Gasteiger partial charge in [-0.25, -0.2) is 12.8 Å². The van der Waals surface area contributed by atoms with Crippen LogP contribution < -0.4 is 14.4 Å². The van der Waals surface area contributed by atoms with Crippen LogP contribution in [-0.2, 0) is 23.0 Å². The minimum Gasteiger partial charge on any atom is -0.494 e. The van der Waals surface area contributed by atoms with Gasteiger partial charge in [0.1, 0.15) is 11.6 Å². The molecule has 1 amide bonds. The summed E-state index contributed by atoms with van der Waals surface area (Å²) in [4.78, 5) is 13.0. The standard InChI is InChI=1S/C27H31FN2O4S/c1-4-6-7-20-8-13-24(14-9-20)29-27(31)21-10-17-26(34-5-2)22(18-21)19-30(35(3,32)33)25-15-11-23(28)12-16-25/h8-18H,4-7,19H2,1-3H3,(H,29,31). The van der Waals surface area contributed by atoms with Crippen molar-refractivity contribution in [1.29, 1.82) is 0 Å². The van der Waals surface area contributed by atoms with Gasteiger partial charge in [-0.3, -0.25) is 9.10 Å². The van der Waals surface area contributed by atoms with Crippen LogP contribution in [-0.4, -0.2) is 27.2 Å². The molecule has 0 aliphatic heterocycles. The zero-order chi connectivity index (χ0) is 25.4. The summed E-state index contributed by atoms with van der Waals surface area (Å²) in [5, 5.41) is 2.89. The highest BCUT2D eigenvalue weighted by molar-refractivity contribution is 7.92. The van der Waals surface area contributed by atoms with E-state index in [1.807, 2.05) is 31.2 Å². The van der Waals surface area contributed by atoms with Crippen molar-refractivity contribution in [3.8, 4) is 5.75 Å². The highest BCUT2D eigenvalue weighted by Crippen LogP contribution is 2.27. The van der Waals surface area contributed by atoms with Crippen LogP contribution in [0.3, 0.4) is 0 Å². The summed E-state index contributed by atoms with van der Waals surface area (Å²) >= 11 is 0. The summed E-state index contributed by atoms with van der Waals surface area (Å²) in [6.45, 7) is 4.27. The van der Waals surface area contributed by atoms with E-state index in [0.717, 1.165) is 29.8 Å². The van der Waals surface area contributed by atoms with Gasteiger partial charge in [0.15, 0.2) is 0 Å². The van der Waals surface area contributed by atoms with E-state index in [0.29, 0.717) is 34.9 Å². The SMILES string of the molecule is CCCCc1ccc(NC(=O)c2ccc(OCC)c(CN(c3ccc(F)cc3)S(C)(=O)=O)c2)cc1. The fraction of sp³-hybridized carbons (Fsp3) is 0.296. The van der Waals surface area contributed by atoms with E-state index in [9.17, 15) is 17.6 Å². The number of unbranched alkanes of at least 4 members (excludes halogenated alkanes) is 1. The Morgan fingerprint density at radius 3 is 2.29 bits per heavy atom. The number of benzene rings is 3. The van der Waals surface area contributed by atoms with Crippen molar-refractivity contribution in [2.75, 3.05) is 22.5 Å². The predicted molar refractivity (Wildman–Crippen MR) is 138 cm³/mol. The number of nitrogens with one attached hydrogen (secondary N) is 1. The number of amides is 1. The average Bonchev–Trinajstić information content (AvgIpc) is 2.83. The highest BCUT2D eigenvalue weighted by Gasteiger charge is 2.21. The van der Waals surface area contributed by atoms with E-state index in [4.69, 9.17) is 4.74 Å². The molecule has 186 valence electrons. The van der Waals surface area contributed by atoms with Crippen LogP contribution in [0.4, 0.5) is 15.8 Å². The van der Waals surface area contributed by atoms with E-state index in [-0.39, 0.29) is 12.5 Å². The van der Waals surface area contributed by atoms with Gasteiger partial charge in [0.05, 0.1) is 25.1 Å². The monoisotopic (exact) mass is 498 g/mol. The first kappa shape index (κ1) is 26.2. The summed E-state index contributed by atoms with van der Waals surface area (Å²) in [5.74, 6) is -0.308. The fourth-order valence-electron chi connectivity index (χ4n) is 3.64. The largest absolute Gasteiger partial charge is 0.494 e. The Hall–Kier alpha value is -3.39. The molecule has 0 spiro atoms. The quantitative estimate of drug-likeness (QED) is 0.363. The number of anilines is 2. The van der Waals surface area contributed by atoms with E-state index in [1.165, 1.54) is 29.8 Å². The van der Waals surface area contributed by atoms with Gasteiger partial charge in [0, 0.05) is 16.8 Å². The Bertz CT molecular complexity index is 1240. The van der Waals surface area contributed by atoms with Gasteiger partial charge in [0.2, 0.25) is 10.0 Å². The third-order valence-corrected chi connectivity index (χ3v) is 6.62. The number of carbonyl (C=O) groups excluding carboxylic acids is 1. The molecule has 3 rings (SSSR count).